The van der Waals surface area contributed by atoms with Crippen LogP contribution in [0, 0.1) is 6.92 Å². The number of hydrogen-bond acceptors (Lipinski definition) is 4. The standard InChI is InChI=1S/C15H18BrN3S/c1-9-11(16)7-13(20-9)15-18-12(8-14(17-2)19-15)10-5-3-4-6-10/h7-8,10H,3-6H2,1-2H3,(H,17,18,19). The molecule has 1 aliphatic rings. The van der Waals surface area contributed by atoms with Crippen molar-refractivity contribution in [2.75, 3.05) is 12.4 Å². The molecular weight excluding hydrogens is 334 g/mol. The number of thiophene rings is 1. The third-order valence-electron chi connectivity index (χ3n) is 3.85. The molecule has 5 heteroatoms. The fourth-order valence-electron chi connectivity index (χ4n) is 2.71. The number of aromatic nitrogens is 2. The summed E-state index contributed by atoms with van der Waals surface area (Å²) in [5.74, 6) is 2.37. The molecule has 2 aromatic heterocycles. The highest BCUT2D eigenvalue weighted by Crippen LogP contribution is 2.37. The summed E-state index contributed by atoms with van der Waals surface area (Å²) in [6.07, 6.45) is 5.16. The van der Waals surface area contributed by atoms with E-state index in [4.69, 9.17) is 4.98 Å². The van der Waals surface area contributed by atoms with Crippen LogP contribution < -0.4 is 5.32 Å². The van der Waals surface area contributed by atoms with Crippen molar-refractivity contribution in [3.05, 3.63) is 27.2 Å². The van der Waals surface area contributed by atoms with Gasteiger partial charge in [-0.2, -0.15) is 0 Å². The van der Waals surface area contributed by atoms with E-state index in [9.17, 15) is 0 Å². The minimum absolute atomic E-state index is 0.605. The number of nitrogens with one attached hydrogen (secondary N) is 1. The van der Waals surface area contributed by atoms with E-state index in [1.807, 2.05) is 7.05 Å². The van der Waals surface area contributed by atoms with Crippen molar-refractivity contribution in [3.63, 3.8) is 0 Å². The van der Waals surface area contributed by atoms with Gasteiger partial charge in [-0.25, -0.2) is 9.97 Å². The highest BCUT2D eigenvalue weighted by molar-refractivity contribution is 9.10. The Labute approximate surface area is 132 Å². The van der Waals surface area contributed by atoms with E-state index in [0.717, 1.165) is 21.0 Å². The van der Waals surface area contributed by atoms with Gasteiger partial charge in [0, 0.05) is 34.1 Å². The summed E-state index contributed by atoms with van der Waals surface area (Å²) in [5, 5.41) is 3.16. The molecule has 0 aliphatic heterocycles. The second kappa shape index (κ2) is 5.82. The molecule has 0 unspecified atom stereocenters. The second-order valence-corrected chi connectivity index (χ2v) is 7.36. The maximum atomic E-state index is 4.83. The van der Waals surface area contributed by atoms with Crippen LogP contribution in [0.25, 0.3) is 10.7 Å². The van der Waals surface area contributed by atoms with Crippen LogP contribution in [0.4, 0.5) is 5.82 Å². The zero-order valence-corrected chi connectivity index (χ0v) is 14.1. The number of anilines is 1. The Hall–Kier alpha value is -0.940. The van der Waals surface area contributed by atoms with Crippen LogP contribution in [0.3, 0.4) is 0 Å². The van der Waals surface area contributed by atoms with E-state index in [2.05, 4.69) is 45.3 Å². The van der Waals surface area contributed by atoms with E-state index < -0.39 is 0 Å². The molecule has 1 fully saturated rings. The van der Waals surface area contributed by atoms with Gasteiger partial charge in [-0.1, -0.05) is 12.8 Å². The average Bonchev–Trinajstić information content (AvgIpc) is 3.09. The summed E-state index contributed by atoms with van der Waals surface area (Å²) in [4.78, 5) is 11.8. The van der Waals surface area contributed by atoms with Crippen LogP contribution in [0.5, 0.6) is 0 Å². The third-order valence-corrected chi connectivity index (χ3v) is 5.99. The normalized spacial score (nSPS) is 15.8. The lowest BCUT2D eigenvalue weighted by atomic mass is 10.0. The summed E-state index contributed by atoms with van der Waals surface area (Å²) in [6.45, 7) is 2.11. The van der Waals surface area contributed by atoms with Crippen molar-refractivity contribution in [2.45, 2.75) is 38.5 Å². The molecule has 0 atom stereocenters. The fraction of sp³-hybridized carbons (Fsp3) is 0.467. The predicted octanol–water partition coefficient (Wildman–Crippen LogP) is 4.98. The van der Waals surface area contributed by atoms with E-state index in [-0.39, 0.29) is 0 Å². The third kappa shape index (κ3) is 2.74. The van der Waals surface area contributed by atoms with Crippen LogP contribution in [0.1, 0.15) is 42.2 Å². The maximum Gasteiger partial charge on any atom is 0.171 e. The first kappa shape index (κ1) is 14.0. The van der Waals surface area contributed by atoms with Gasteiger partial charge in [0.2, 0.25) is 0 Å². The van der Waals surface area contributed by atoms with Crippen LogP contribution in [-0.4, -0.2) is 17.0 Å². The first-order valence-corrected chi connectivity index (χ1v) is 8.61. The summed E-state index contributed by atoms with van der Waals surface area (Å²) in [5.41, 5.74) is 1.19. The summed E-state index contributed by atoms with van der Waals surface area (Å²) < 4.78 is 1.14. The molecule has 2 heterocycles. The number of aryl methyl sites for hydroxylation is 1. The Kier molecular flexibility index (Phi) is 4.08. The molecule has 106 valence electrons. The van der Waals surface area contributed by atoms with E-state index in [0.29, 0.717) is 5.92 Å². The van der Waals surface area contributed by atoms with Crippen molar-refractivity contribution in [1.82, 2.24) is 9.97 Å². The van der Waals surface area contributed by atoms with E-state index in [1.54, 1.807) is 11.3 Å². The lowest BCUT2D eigenvalue weighted by molar-refractivity contribution is 0.696. The quantitative estimate of drug-likeness (QED) is 0.847. The van der Waals surface area contributed by atoms with Crippen molar-refractivity contribution in [1.29, 1.82) is 0 Å². The van der Waals surface area contributed by atoms with Gasteiger partial charge in [0.25, 0.3) is 0 Å². The van der Waals surface area contributed by atoms with Crippen molar-refractivity contribution < 1.29 is 0 Å². The first-order valence-electron chi connectivity index (χ1n) is 7.00. The topological polar surface area (TPSA) is 37.8 Å². The van der Waals surface area contributed by atoms with Gasteiger partial charge in [0.1, 0.15) is 5.82 Å². The maximum absolute atomic E-state index is 4.83. The van der Waals surface area contributed by atoms with E-state index in [1.165, 1.54) is 36.3 Å². The minimum Gasteiger partial charge on any atom is -0.373 e. The monoisotopic (exact) mass is 351 g/mol. The van der Waals surface area contributed by atoms with Gasteiger partial charge in [-0.15, -0.1) is 11.3 Å². The highest BCUT2D eigenvalue weighted by Gasteiger charge is 2.20. The highest BCUT2D eigenvalue weighted by atomic mass is 79.9. The van der Waals surface area contributed by atoms with E-state index >= 15 is 0 Å². The summed E-state index contributed by atoms with van der Waals surface area (Å²) in [6, 6.07) is 4.22. The lowest BCUT2D eigenvalue weighted by Crippen LogP contribution is -2.03. The fourth-order valence-corrected chi connectivity index (χ4v) is 4.17. The molecule has 1 N–H and O–H groups in total. The number of nitrogens with zero attached hydrogens (tertiary/aromatic N) is 2. The van der Waals surface area contributed by atoms with Crippen molar-refractivity contribution >= 4 is 33.1 Å². The molecule has 0 saturated heterocycles. The van der Waals surface area contributed by atoms with Gasteiger partial charge in [-0.3, -0.25) is 0 Å². The van der Waals surface area contributed by atoms with Gasteiger partial charge in [-0.05, 0) is 41.8 Å². The molecule has 0 amide bonds. The van der Waals surface area contributed by atoms with Crippen molar-refractivity contribution in [2.24, 2.45) is 0 Å². The van der Waals surface area contributed by atoms with Crippen LogP contribution in [0.2, 0.25) is 0 Å². The Balaban J connectivity index is 2.03. The van der Waals surface area contributed by atoms with Crippen molar-refractivity contribution in [3.8, 4) is 10.7 Å². The Morgan fingerprint density at radius 2 is 2.00 bits per heavy atom. The number of hydrogen-bond donors (Lipinski definition) is 1. The molecule has 20 heavy (non-hydrogen) atoms. The smallest absolute Gasteiger partial charge is 0.171 e. The van der Waals surface area contributed by atoms with Gasteiger partial charge in [0.05, 0.1) is 4.88 Å². The van der Waals surface area contributed by atoms with Gasteiger partial charge in [0.15, 0.2) is 5.82 Å². The zero-order valence-electron chi connectivity index (χ0n) is 11.7. The molecule has 0 aromatic carbocycles. The largest absolute Gasteiger partial charge is 0.373 e. The molecule has 3 rings (SSSR count). The Morgan fingerprint density at radius 3 is 2.60 bits per heavy atom. The summed E-state index contributed by atoms with van der Waals surface area (Å²) >= 11 is 5.31. The molecule has 1 saturated carbocycles. The second-order valence-electron chi connectivity index (χ2n) is 5.25. The molecule has 0 bridgehead atoms. The Morgan fingerprint density at radius 1 is 1.25 bits per heavy atom. The Bertz CT molecular complexity index is 598. The van der Waals surface area contributed by atoms with Crippen LogP contribution in [0.15, 0.2) is 16.6 Å². The molecular formula is C15H18BrN3S. The van der Waals surface area contributed by atoms with Crippen LogP contribution >= 0.6 is 27.3 Å². The lowest BCUT2D eigenvalue weighted by Gasteiger charge is -2.11. The SMILES string of the molecule is CNc1cc(C2CCCC2)nc(-c2cc(Br)c(C)s2)n1. The predicted molar refractivity (Wildman–Crippen MR) is 88.5 cm³/mol. The van der Waals surface area contributed by atoms with Gasteiger partial charge >= 0.3 is 0 Å². The number of halogens is 1. The average molecular weight is 352 g/mol. The molecule has 0 radical (unpaired) electrons. The minimum atomic E-state index is 0.605. The number of rotatable bonds is 3. The van der Waals surface area contributed by atoms with Crippen LogP contribution in [-0.2, 0) is 0 Å². The summed E-state index contributed by atoms with van der Waals surface area (Å²) in [7, 11) is 1.92. The first-order chi connectivity index (χ1) is 9.67. The molecule has 0 spiro atoms. The van der Waals surface area contributed by atoms with Gasteiger partial charge < -0.3 is 5.32 Å². The molecule has 2 aromatic rings. The molecule has 1 aliphatic carbocycles. The zero-order chi connectivity index (χ0) is 14.1. The molecule has 3 nitrogen and oxygen atoms in total.